The van der Waals surface area contributed by atoms with Crippen LogP contribution in [-0.2, 0) is 0 Å². The van der Waals surface area contributed by atoms with Crippen molar-refractivity contribution < 1.29 is 9.53 Å². The summed E-state index contributed by atoms with van der Waals surface area (Å²) in [6.45, 7) is 7.73. The highest BCUT2D eigenvalue weighted by Gasteiger charge is 2.11. The summed E-state index contributed by atoms with van der Waals surface area (Å²) >= 11 is 1.43. The van der Waals surface area contributed by atoms with Crippen LogP contribution in [0.25, 0.3) is 5.82 Å². The van der Waals surface area contributed by atoms with Gasteiger partial charge < -0.3 is 10.1 Å². The predicted molar refractivity (Wildman–Crippen MR) is 117 cm³/mol. The molecule has 1 N–H and O–H groups in total. The van der Waals surface area contributed by atoms with Crippen LogP contribution in [0, 0.1) is 27.7 Å². The summed E-state index contributed by atoms with van der Waals surface area (Å²) in [7, 11) is 0. The molecule has 0 aliphatic carbocycles. The summed E-state index contributed by atoms with van der Waals surface area (Å²) in [4.78, 5) is 26.1. The standard InChI is InChI=1S/C22H21N5O2S/c1-13-9-19(30-11-13)22(28)26-17-5-7-18(8-6-17)29-21-10-20(24-16(4)25-21)27-12-23-14(2)15(27)3/h5-12H,1-4H3,(H,26,28). The molecule has 0 fully saturated rings. The van der Waals surface area contributed by atoms with Gasteiger partial charge in [0.1, 0.15) is 23.7 Å². The number of rotatable bonds is 5. The van der Waals surface area contributed by atoms with Gasteiger partial charge in [0.05, 0.1) is 10.6 Å². The molecule has 0 atom stereocenters. The van der Waals surface area contributed by atoms with Crippen LogP contribution in [0.1, 0.15) is 32.4 Å². The molecule has 0 radical (unpaired) electrons. The van der Waals surface area contributed by atoms with Crippen LogP contribution in [0.4, 0.5) is 5.69 Å². The summed E-state index contributed by atoms with van der Waals surface area (Å²) in [5, 5.41) is 4.85. The van der Waals surface area contributed by atoms with Crippen LogP contribution in [0.15, 0.2) is 48.1 Å². The number of aromatic nitrogens is 4. The third-order valence-electron chi connectivity index (χ3n) is 4.59. The van der Waals surface area contributed by atoms with Crippen LogP contribution in [0.2, 0.25) is 0 Å². The van der Waals surface area contributed by atoms with Gasteiger partial charge in [0.2, 0.25) is 5.88 Å². The van der Waals surface area contributed by atoms with Crippen molar-refractivity contribution in [2.45, 2.75) is 27.7 Å². The molecule has 3 heterocycles. The molecular weight excluding hydrogens is 398 g/mol. The summed E-state index contributed by atoms with van der Waals surface area (Å²) < 4.78 is 7.83. The number of thiophene rings is 1. The topological polar surface area (TPSA) is 81.9 Å². The lowest BCUT2D eigenvalue weighted by molar-refractivity contribution is 0.103. The number of benzene rings is 1. The lowest BCUT2D eigenvalue weighted by Gasteiger charge is -2.10. The predicted octanol–water partition coefficient (Wildman–Crippen LogP) is 5.00. The fourth-order valence-corrected chi connectivity index (χ4v) is 3.69. The van der Waals surface area contributed by atoms with Crippen molar-refractivity contribution in [3.05, 3.63) is 75.8 Å². The molecule has 30 heavy (non-hydrogen) atoms. The zero-order chi connectivity index (χ0) is 21.3. The first-order valence-corrected chi connectivity index (χ1v) is 10.3. The normalized spacial score (nSPS) is 10.8. The molecule has 3 aromatic heterocycles. The maximum absolute atomic E-state index is 12.3. The first-order chi connectivity index (χ1) is 14.4. The monoisotopic (exact) mass is 419 g/mol. The van der Waals surface area contributed by atoms with E-state index >= 15 is 0 Å². The van der Waals surface area contributed by atoms with E-state index in [-0.39, 0.29) is 5.91 Å². The van der Waals surface area contributed by atoms with Crippen LogP contribution in [0.3, 0.4) is 0 Å². The van der Waals surface area contributed by atoms with Crippen molar-refractivity contribution in [3.63, 3.8) is 0 Å². The number of carbonyl (C=O) groups is 1. The van der Waals surface area contributed by atoms with E-state index in [0.29, 0.717) is 33.8 Å². The average Bonchev–Trinajstić information content (AvgIpc) is 3.29. The Hall–Kier alpha value is -3.52. The Balaban J connectivity index is 1.49. The molecule has 0 aliphatic rings. The molecule has 4 rings (SSSR count). The highest BCUT2D eigenvalue weighted by molar-refractivity contribution is 7.12. The Labute approximate surface area is 178 Å². The van der Waals surface area contributed by atoms with E-state index in [1.807, 2.05) is 43.7 Å². The Bertz CT molecular complexity index is 1210. The van der Waals surface area contributed by atoms with Crippen molar-refractivity contribution >= 4 is 22.9 Å². The van der Waals surface area contributed by atoms with Gasteiger partial charge >= 0.3 is 0 Å². The number of hydrogen-bond acceptors (Lipinski definition) is 6. The summed E-state index contributed by atoms with van der Waals surface area (Å²) in [6, 6.07) is 10.8. The van der Waals surface area contributed by atoms with Crippen LogP contribution < -0.4 is 10.1 Å². The molecule has 0 spiro atoms. The van der Waals surface area contributed by atoms with Crippen LogP contribution >= 0.6 is 11.3 Å². The molecule has 0 saturated carbocycles. The minimum atomic E-state index is -0.121. The zero-order valence-electron chi connectivity index (χ0n) is 17.1. The molecule has 0 saturated heterocycles. The van der Waals surface area contributed by atoms with Gasteiger partial charge in [-0.1, -0.05) is 0 Å². The van der Waals surface area contributed by atoms with Crippen molar-refractivity contribution in [3.8, 4) is 17.4 Å². The van der Waals surface area contributed by atoms with E-state index in [9.17, 15) is 4.79 Å². The summed E-state index contributed by atoms with van der Waals surface area (Å²) in [5.74, 6) is 2.23. The van der Waals surface area contributed by atoms with Gasteiger partial charge in [0.25, 0.3) is 5.91 Å². The summed E-state index contributed by atoms with van der Waals surface area (Å²) in [6.07, 6.45) is 1.74. The van der Waals surface area contributed by atoms with E-state index in [1.54, 1.807) is 36.7 Å². The van der Waals surface area contributed by atoms with E-state index in [1.165, 1.54) is 11.3 Å². The van der Waals surface area contributed by atoms with Gasteiger partial charge in [-0.25, -0.2) is 9.97 Å². The number of ether oxygens (including phenoxy) is 1. The number of nitrogens with one attached hydrogen (secondary N) is 1. The number of nitrogens with zero attached hydrogens (tertiary/aromatic N) is 4. The highest BCUT2D eigenvalue weighted by atomic mass is 32.1. The minimum Gasteiger partial charge on any atom is -0.439 e. The van der Waals surface area contributed by atoms with E-state index < -0.39 is 0 Å². The number of aryl methyl sites for hydroxylation is 3. The Kier molecular flexibility index (Phi) is 5.33. The molecule has 0 aliphatic heterocycles. The maximum atomic E-state index is 12.3. The van der Waals surface area contributed by atoms with Gasteiger partial charge in [0, 0.05) is 17.4 Å². The lowest BCUT2D eigenvalue weighted by Crippen LogP contribution is -2.09. The van der Waals surface area contributed by atoms with E-state index in [4.69, 9.17) is 4.74 Å². The van der Waals surface area contributed by atoms with Gasteiger partial charge in [-0.05, 0) is 69.0 Å². The molecule has 4 aromatic rings. The van der Waals surface area contributed by atoms with Gasteiger partial charge in [0.15, 0.2) is 0 Å². The van der Waals surface area contributed by atoms with Crippen LogP contribution in [0.5, 0.6) is 11.6 Å². The Morgan fingerprint density at radius 3 is 2.47 bits per heavy atom. The number of anilines is 1. The third-order valence-corrected chi connectivity index (χ3v) is 5.64. The largest absolute Gasteiger partial charge is 0.439 e. The third kappa shape index (κ3) is 4.23. The molecule has 1 aromatic carbocycles. The SMILES string of the molecule is Cc1csc(C(=O)Nc2ccc(Oc3cc(-n4cnc(C)c4C)nc(C)n3)cc2)c1. The second kappa shape index (κ2) is 8.08. The molecular formula is C22H21N5O2S. The average molecular weight is 420 g/mol. The number of amides is 1. The Morgan fingerprint density at radius 2 is 1.83 bits per heavy atom. The zero-order valence-corrected chi connectivity index (χ0v) is 17.9. The summed E-state index contributed by atoms with van der Waals surface area (Å²) in [5.41, 5.74) is 3.74. The van der Waals surface area contributed by atoms with Crippen molar-refractivity contribution in [2.75, 3.05) is 5.32 Å². The molecule has 1 amide bonds. The van der Waals surface area contributed by atoms with Crippen LogP contribution in [-0.4, -0.2) is 25.4 Å². The number of carbonyl (C=O) groups excluding carboxylic acids is 1. The van der Waals surface area contributed by atoms with E-state index in [0.717, 1.165) is 17.0 Å². The van der Waals surface area contributed by atoms with Crippen molar-refractivity contribution in [1.82, 2.24) is 19.5 Å². The molecule has 0 bridgehead atoms. The first kappa shape index (κ1) is 19.8. The van der Waals surface area contributed by atoms with Crippen molar-refractivity contribution in [1.29, 1.82) is 0 Å². The van der Waals surface area contributed by atoms with E-state index in [2.05, 4.69) is 20.3 Å². The molecule has 0 unspecified atom stereocenters. The number of hydrogen-bond donors (Lipinski definition) is 1. The van der Waals surface area contributed by atoms with Gasteiger partial charge in [-0.3, -0.25) is 9.36 Å². The van der Waals surface area contributed by atoms with Crippen molar-refractivity contribution in [2.24, 2.45) is 0 Å². The molecule has 8 heteroatoms. The lowest BCUT2D eigenvalue weighted by atomic mass is 10.3. The molecule has 7 nitrogen and oxygen atoms in total. The van der Waals surface area contributed by atoms with Gasteiger partial charge in [-0.2, -0.15) is 4.98 Å². The molecule has 152 valence electrons. The Morgan fingerprint density at radius 1 is 1.07 bits per heavy atom. The fourth-order valence-electron chi connectivity index (χ4n) is 2.90. The highest BCUT2D eigenvalue weighted by Crippen LogP contribution is 2.24. The second-order valence-electron chi connectivity index (χ2n) is 6.97. The minimum absolute atomic E-state index is 0.121. The maximum Gasteiger partial charge on any atom is 0.265 e. The second-order valence-corrected chi connectivity index (χ2v) is 7.88. The number of imidazole rings is 1. The fraction of sp³-hybridized carbons (Fsp3) is 0.182. The smallest absolute Gasteiger partial charge is 0.265 e. The first-order valence-electron chi connectivity index (χ1n) is 9.40. The quantitative estimate of drug-likeness (QED) is 0.492. The van der Waals surface area contributed by atoms with Gasteiger partial charge in [-0.15, -0.1) is 11.3 Å².